The maximum absolute atomic E-state index is 12.3. The molecule has 2 aliphatic rings. The highest BCUT2D eigenvalue weighted by molar-refractivity contribution is 5.68. The fourth-order valence-corrected chi connectivity index (χ4v) is 4.19. The maximum atomic E-state index is 12.3. The van der Waals surface area contributed by atoms with Crippen LogP contribution in [0.5, 0.6) is 6.01 Å². The van der Waals surface area contributed by atoms with Gasteiger partial charge >= 0.3 is 17.9 Å². The lowest BCUT2D eigenvalue weighted by atomic mass is 9.80. The molecule has 0 aromatic carbocycles. The molecule has 1 aromatic rings. The number of nitrogens with zero attached hydrogens (tertiary/aromatic N) is 4. The van der Waals surface area contributed by atoms with Crippen LogP contribution in [0.4, 0.5) is 10.6 Å². The summed E-state index contributed by atoms with van der Waals surface area (Å²) in [6, 6.07) is 0.301. The van der Waals surface area contributed by atoms with Crippen molar-refractivity contribution in [3.05, 3.63) is 16.3 Å². The number of rotatable bonds is 4. The Balaban J connectivity index is 1.62. The second-order valence-electron chi connectivity index (χ2n) is 8.75. The molecule has 28 heavy (non-hydrogen) atoms. The number of aromatic nitrogens is 2. The molecule has 2 aliphatic heterocycles. The zero-order valence-electron chi connectivity index (χ0n) is 17.1. The number of carbonyl (C=O) groups excluding carboxylic acids is 1. The molecule has 10 nitrogen and oxygen atoms in total. The number of nitrogens with one attached hydrogen (secondary N) is 1. The Kier molecular flexibility index (Phi) is 5.26. The number of ether oxygens (including phenoxy) is 2. The number of piperidine rings is 1. The van der Waals surface area contributed by atoms with Crippen molar-refractivity contribution in [1.29, 1.82) is 0 Å². The Morgan fingerprint density at radius 3 is 2.61 bits per heavy atom. The Morgan fingerprint density at radius 2 is 2.11 bits per heavy atom. The lowest BCUT2D eigenvalue weighted by molar-refractivity contribution is -0.389. The van der Waals surface area contributed by atoms with Gasteiger partial charge in [0.1, 0.15) is 17.4 Å². The number of nitro groups is 1. The lowest BCUT2D eigenvalue weighted by Gasteiger charge is -2.41. The van der Waals surface area contributed by atoms with E-state index in [1.165, 1.54) is 6.20 Å². The molecule has 156 valence electrons. The highest BCUT2D eigenvalue weighted by Gasteiger charge is 2.48. The van der Waals surface area contributed by atoms with Crippen LogP contribution in [0.25, 0.3) is 0 Å². The van der Waals surface area contributed by atoms with Crippen molar-refractivity contribution in [3.63, 3.8) is 0 Å². The predicted molar refractivity (Wildman–Crippen MR) is 101 cm³/mol. The van der Waals surface area contributed by atoms with Crippen LogP contribution < -0.4 is 10.1 Å². The number of fused-ring (bicyclic) bond motifs is 1. The standard InChI is InChI=1S/C18H29N5O5/c1-17(2,3)28-16(24)21-8-6-12(7-9-21)14(19-5)18(4)11-22-10-13(23(25)26)20-15(22)27-18/h10,12,14,19H,6-9,11H2,1-5H3/t14?,18-/m0/s1. The highest BCUT2D eigenvalue weighted by Crippen LogP contribution is 2.37. The Hall–Kier alpha value is -2.36. The highest BCUT2D eigenvalue weighted by atomic mass is 16.6. The Labute approximate surface area is 164 Å². The second kappa shape index (κ2) is 7.23. The van der Waals surface area contributed by atoms with Gasteiger partial charge in [-0.1, -0.05) is 0 Å². The molecule has 0 saturated carbocycles. The number of amides is 1. The fraction of sp³-hybridized carbons (Fsp3) is 0.778. The van der Waals surface area contributed by atoms with E-state index in [9.17, 15) is 14.9 Å². The molecule has 1 unspecified atom stereocenters. The summed E-state index contributed by atoms with van der Waals surface area (Å²) in [5.41, 5.74) is -1.07. The van der Waals surface area contributed by atoms with Gasteiger partial charge in [-0.05, 0) is 58.4 Å². The molecule has 1 N–H and O–H groups in total. The zero-order chi connectivity index (χ0) is 20.7. The summed E-state index contributed by atoms with van der Waals surface area (Å²) in [6.07, 6.45) is 2.79. The number of carbonyl (C=O) groups is 1. The molecule has 3 heterocycles. The quantitative estimate of drug-likeness (QED) is 0.614. The molecule has 1 fully saturated rings. The molecular weight excluding hydrogens is 366 g/mol. The predicted octanol–water partition coefficient (Wildman–Crippen LogP) is 2.18. The normalized spacial score (nSPS) is 23.8. The van der Waals surface area contributed by atoms with Gasteiger partial charge in [-0.2, -0.15) is 0 Å². The van der Waals surface area contributed by atoms with Crippen molar-refractivity contribution in [2.24, 2.45) is 5.92 Å². The zero-order valence-corrected chi connectivity index (χ0v) is 17.1. The average molecular weight is 395 g/mol. The summed E-state index contributed by atoms with van der Waals surface area (Å²) in [5.74, 6) is 0.0944. The monoisotopic (exact) mass is 395 g/mol. The van der Waals surface area contributed by atoms with Crippen molar-refractivity contribution in [1.82, 2.24) is 19.8 Å². The minimum Gasteiger partial charge on any atom is -0.444 e. The van der Waals surface area contributed by atoms with Crippen LogP contribution in [0.15, 0.2) is 6.20 Å². The summed E-state index contributed by atoms with van der Waals surface area (Å²) in [6.45, 7) is 9.33. The number of likely N-dealkylation sites (N-methyl/N-ethyl adjacent to an activating group) is 1. The first kappa shape index (κ1) is 20.4. The topological polar surface area (TPSA) is 112 Å². The van der Waals surface area contributed by atoms with Crippen LogP contribution in [0, 0.1) is 16.0 Å². The second-order valence-corrected chi connectivity index (χ2v) is 8.75. The van der Waals surface area contributed by atoms with Crippen molar-refractivity contribution in [2.45, 2.75) is 64.3 Å². The maximum Gasteiger partial charge on any atom is 0.415 e. The number of hydrogen-bond donors (Lipinski definition) is 1. The van der Waals surface area contributed by atoms with E-state index >= 15 is 0 Å². The number of hydrogen-bond acceptors (Lipinski definition) is 7. The molecule has 0 bridgehead atoms. The molecule has 1 amide bonds. The van der Waals surface area contributed by atoms with Gasteiger partial charge in [0.2, 0.25) is 0 Å². The molecule has 1 saturated heterocycles. The van der Waals surface area contributed by atoms with E-state index in [4.69, 9.17) is 9.47 Å². The van der Waals surface area contributed by atoms with Gasteiger partial charge in [-0.25, -0.2) is 4.79 Å². The van der Waals surface area contributed by atoms with Crippen LogP contribution >= 0.6 is 0 Å². The van der Waals surface area contributed by atoms with Crippen molar-refractivity contribution in [2.75, 3.05) is 20.1 Å². The van der Waals surface area contributed by atoms with Crippen molar-refractivity contribution < 1.29 is 19.2 Å². The molecule has 0 spiro atoms. The average Bonchev–Trinajstić information content (AvgIpc) is 3.10. The van der Waals surface area contributed by atoms with E-state index in [0.29, 0.717) is 25.6 Å². The van der Waals surface area contributed by atoms with E-state index in [0.717, 1.165) is 12.8 Å². The van der Waals surface area contributed by atoms with E-state index in [1.54, 1.807) is 9.47 Å². The summed E-state index contributed by atoms with van der Waals surface area (Å²) in [7, 11) is 1.89. The molecule has 10 heteroatoms. The van der Waals surface area contributed by atoms with Gasteiger partial charge in [-0.15, -0.1) is 0 Å². The number of likely N-dealkylation sites (tertiary alicyclic amines) is 1. The third-order valence-electron chi connectivity index (χ3n) is 5.35. The minimum atomic E-state index is -0.565. The molecule has 3 rings (SSSR count). The van der Waals surface area contributed by atoms with E-state index in [-0.39, 0.29) is 24.0 Å². The lowest BCUT2D eigenvalue weighted by Crippen LogP contribution is -2.57. The van der Waals surface area contributed by atoms with Gasteiger partial charge in [-0.3, -0.25) is 4.57 Å². The minimum absolute atomic E-state index is 0.0223. The molecule has 0 aliphatic carbocycles. The summed E-state index contributed by atoms with van der Waals surface area (Å²) < 4.78 is 13.2. The first-order valence-corrected chi connectivity index (χ1v) is 9.58. The van der Waals surface area contributed by atoms with Crippen LogP contribution in [0.3, 0.4) is 0 Å². The Morgan fingerprint density at radius 1 is 1.46 bits per heavy atom. The SMILES string of the molecule is CNC(C1CCN(C(=O)OC(C)(C)C)CC1)[C@]1(C)Cn2cc([N+](=O)[O-])nc2O1. The van der Waals surface area contributed by atoms with Crippen LogP contribution in [0.2, 0.25) is 0 Å². The van der Waals surface area contributed by atoms with Crippen LogP contribution in [0.1, 0.15) is 40.5 Å². The summed E-state index contributed by atoms with van der Waals surface area (Å²) >= 11 is 0. The summed E-state index contributed by atoms with van der Waals surface area (Å²) in [5, 5.41) is 14.3. The van der Waals surface area contributed by atoms with Gasteiger partial charge in [0.25, 0.3) is 0 Å². The largest absolute Gasteiger partial charge is 0.444 e. The molecular formula is C18H29N5O5. The Bertz CT molecular complexity index is 725. The van der Waals surface area contributed by atoms with Gasteiger partial charge < -0.3 is 29.8 Å². The third-order valence-corrected chi connectivity index (χ3v) is 5.35. The fourth-order valence-electron chi connectivity index (χ4n) is 4.19. The molecule has 1 aromatic heterocycles. The third kappa shape index (κ3) is 4.06. The smallest absolute Gasteiger partial charge is 0.415 e. The van der Waals surface area contributed by atoms with Gasteiger partial charge in [0.15, 0.2) is 0 Å². The van der Waals surface area contributed by atoms with E-state index < -0.39 is 16.1 Å². The van der Waals surface area contributed by atoms with E-state index in [2.05, 4.69) is 10.3 Å². The summed E-state index contributed by atoms with van der Waals surface area (Å²) in [4.78, 5) is 28.4. The van der Waals surface area contributed by atoms with Crippen LogP contribution in [-0.2, 0) is 11.3 Å². The van der Waals surface area contributed by atoms with Gasteiger partial charge in [0.05, 0.1) is 12.6 Å². The molecule has 0 radical (unpaired) electrons. The van der Waals surface area contributed by atoms with E-state index in [1.807, 2.05) is 34.7 Å². The first-order chi connectivity index (χ1) is 13.0. The first-order valence-electron chi connectivity index (χ1n) is 9.58. The van der Waals surface area contributed by atoms with Crippen molar-refractivity contribution in [3.8, 4) is 6.01 Å². The molecule has 2 atom stereocenters. The van der Waals surface area contributed by atoms with Crippen molar-refractivity contribution >= 4 is 11.9 Å². The number of imidazole rings is 1. The van der Waals surface area contributed by atoms with Crippen LogP contribution in [-0.4, -0.2) is 62.8 Å². The van der Waals surface area contributed by atoms with Gasteiger partial charge in [0, 0.05) is 18.1 Å².